The molecule has 2 aromatic heterocycles. The number of aromatic nitrogens is 4. The number of halogens is 1. The van der Waals surface area contributed by atoms with Crippen LogP contribution in [-0.2, 0) is 6.54 Å². The van der Waals surface area contributed by atoms with E-state index in [1.165, 1.54) is 15.3 Å². The third kappa shape index (κ3) is 5.08. The number of rotatable bonds is 7. The van der Waals surface area contributed by atoms with Gasteiger partial charge in [0.2, 0.25) is 11.8 Å². The highest BCUT2D eigenvalue weighted by Gasteiger charge is 2.29. The van der Waals surface area contributed by atoms with E-state index < -0.39 is 11.4 Å². The Morgan fingerprint density at radius 2 is 1.80 bits per heavy atom. The molecule has 9 nitrogen and oxygen atoms in total. The van der Waals surface area contributed by atoms with Crippen LogP contribution < -0.4 is 21.4 Å². The predicted molar refractivity (Wildman–Crippen MR) is 130 cm³/mol. The molecule has 1 N–H and O–H groups in total. The Labute approximate surface area is 204 Å². The zero-order valence-electron chi connectivity index (χ0n) is 18.4. The van der Waals surface area contributed by atoms with Crippen molar-refractivity contribution in [3.63, 3.8) is 0 Å². The van der Waals surface area contributed by atoms with E-state index in [0.717, 1.165) is 18.4 Å². The second-order valence-corrected chi connectivity index (χ2v) is 8.50. The summed E-state index contributed by atoms with van der Waals surface area (Å²) in [5, 5.41) is 12.6. The van der Waals surface area contributed by atoms with Gasteiger partial charge in [-0.15, -0.1) is 0 Å². The largest absolute Gasteiger partial charge is 0.439 e. The van der Waals surface area contributed by atoms with Crippen molar-refractivity contribution in [2.75, 3.05) is 5.32 Å². The molecule has 10 heteroatoms. The minimum atomic E-state index is -0.570. The molecule has 2 heterocycles. The molecular formula is C25H19ClN6O3. The number of nitriles is 1. The van der Waals surface area contributed by atoms with Crippen molar-refractivity contribution in [1.29, 1.82) is 5.26 Å². The molecular weight excluding hydrogens is 468 g/mol. The molecule has 1 saturated carbocycles. The minimum absolute atomic E-state index is 0.0970. The number of hydrogen-bond acceptors (Lipinski definition) is 7. The quantitative estimate of drug-likeness (QED) is 0.415. The van der Waals surface area contributed by atoms with Gasteiger partial charge in [0, 0.05) is 29.0 Å². The minimum Gasteiger partial charge on any atom is -0.439 e. The monoisotopic (exact) mass is 486 g/mol. The lowest BCUT2D eigenvalue weighted by atomic mass is 10.2. The van der Waals surface area contributed by atoms with E-state index in [4.69, 9.17) is 21.6 Å². The van der Waals surface area contributed by atoms with Crippen molar-refractivity contribution in [3.05, 3.63) is 104 Å². The number of benzene rings is 2. The second-order valence-electron chi connectivity index (χ2n) is 8.06. The van der Waals surface area contributed by atoms with Crippen molar-refractivity contribution in [3.8, 4) is 17.7 Å². The summed E-state index contributed by atoms with van der Waals surface area (Å²) in [6.45, 7) is 0.226. The number of pyridine rings is 1. The third-order valence-corrected chi connectivity index (χ3v) is 5.72. The molecule has 0 amide bonds. The van der Waals surface area contributed by atoms with Crippen LogP contribution in [0.4, 0.5) is 11.6 Å². The number of nitrogens with zero attached hydrogens (tertiary/aromatic N) is 5. The van der Waals surface area contributed by atoms with Crippen molar-refractivity contribution in [2.24, 2.45) is 0 Å². The summed E-state index contributed by atoms with van der Waals surface area (Å²) < 4.78 is 8.38. The lowest BCUT2D eigenvalue weighted by Gasteiger charge is -2.16. The Kier molecular flexibility index (Phi) is 6.04. The zero-order chi connectivity index (χ0) is 24.4. The number of ether oxygens (including phenoxy) is 1. The third-order valence-electron chi connectivity index (χ3n) is 5.46. The second kappa shape index (κ2) is 9.44. The lowest BCUT2D eigenvalue weighted by molar-refractivity contribution is 0.463. The number of hydrogen-bond donors (Lipinski definition) is 1. The molecule has 0 saturated heterocycles. The molecule has 4 aromatic rings. The van der Waals surface area contributed by atoms with Crippen molar-refractivity contribution in [2.45, 2.75) is 25.4 Å². The van der Waals surface area contributed by atoms with E-state index in [1.54, 1.807) is 48.5 Å². The van der Waals surface area contributed by atoms with Gasteiger partial charge in [-0.3, -0.25) is 4.57 Å². The van der Waals surface area contributed by atoms with Gasteiger partial charge >= 0.3 is 11.4 Å². The van der Waals surface area contributed by atoms with Gasteiger partial charge < -0.3 is 10.1 Å². The summed E-state index contributed by atoms with van der Waals surface area (Å²) in [6.07, 6.45) is 3.01. The predicted octanol–water partition coefficient (Wildman–Crippen LogP) is 4.24. The summed E-state index contributed by atoms with van der Waals surface area (Å²) in [7, 11) is 0. The highest BCUT2D eigenvalue weighted by atomic mass is 35.5. The Morgan fingerprint density at radius 3 is 2.43 bits per heavy atom. The van der Waals surface area contributed by atoms with Gasteiger partial charge in [0.15, 0.2) is 0 Å². The first-order valence-electron chi connectivity index (χ1n) is 10.9. The molecule has 1 aliphatic rings. The van der Waals surface area contributed by atoms with E-state index in [9.17, 15) is 9.59 Å². The summed E-state index contributed by atoms with van der Waals surface area (Å²) in [5.41, 5.74) is 0.931. The smallest absolute Gasteiger partial charge is 0.355 e. The topological polar surface area (TPSA) is 115 Å². The molecule has 0 atom stereocenters. The van der Waals surface area contributed by atoms with Crippen LogP contribution in [0, 0.1) is 11.3 Å². The maximum absolute atomic E-state index is 13.2. The van der Waals surface area contributed by atoms with Crippen LogP contribution in [0.2, 0.25) is 5.02 Å². The highest BCUT2D eigenvalue weighted by Crippen LogP contribution is 2.32. The SMILES string of the molecule is N#Cc1ccc(Oc2ccc(Nc3nc(=O)n(C4CC4)c(=O)n3Cc3ccc(Cl)cc3)cc2)nc1. The van der Waals surface area contributed by atoms with E-state index in [1.807, 2.05) is 18.2 Å². The fourth-order valence-electron chi connectivity index (χ4n) is 3.53. The van der Waals surface area contributed by atoms with Crippen LogP contribution in [0.5, 0.6) is 11.6 Å². The summed E-state index contributed by atoms with van der Waals surface area (Å²) in [4.78, 5) is 34.1. The van der Waals surface area contributed by atoms with Crippen LogP contribution in [0.1, 0.15) is 30.0 Å². The number of anilines is 2. The Balaban J connectivity index is 1.41. The molecule has 0 spiro atoms. The van der Waals surface area contributed by atoms with Gasteiger partial charge in [-0.2, -0.15) is 10.2 Å². The van der Waals surface area contributed by atoms with Crippen LogP contribution in [0.3, 0.4) is 0 Å². The molecule has 1 aliphatic carbocycles. The van der Waals surface area contributed by atoms with Crippen molar-refractivity contribution in [1.82, 2.24) is 19.1 Å². The average Bonchev–Trinajstić information content (AvgIpc) is 3.69. The van der Waals surface area contributed by atoms with Crippen LogP contribution in [0.25, 0.3) is 0 Å². The van der Waals surface area contributed by atoms with E-state index in [-0.39, 0.29) is 18.5 Å². The molecule has 35 heavy (non-hydrogen) atoms. The van der Waals surface area contributed by atoms with Gasteiger partial charge in [-0.25, -0.2) is 19.1 Å². The van der Waals surface area contributed by atoms with Gasteiger partial charge in [-0.1, -0.05) is 23.7 Å². The van der Waals surface area contributed by atoms with Gasteiger partial charge in [0.1, 0.15) is 11.8 Å². The standard InChI is InChI=1S/C25H19ClN6O3/c26-18-4-1-16(2-5-18)15-31-23(30-24(33)32(25(31)34)20-8-9-20)29-19-6-10-21(11-7-19)35-22-12-3-17(13-27)14-28-22/h1-7,10-12,14,20H,8-9,15H2,(H,29,30,33). The average molecular weight is 487 g/mol. The van der Waals surface area contributed by atoms with Crippen LogP contribution >= 0.6 is 11.6 Å². The Bertz CT molecular complexity index is 1520. The van der Waals surface area contributed by atoms with E-state index in [2.05, 4.69) is 15.3 Å². The first kappa shape index (κ1) is 22.4. The van der Waals surface area contributed by atoms with Gasteiger partial charge in [0.25, 0.3) is 0 Å². The fourth-order valence-corrected chi connectivity index (χ4v) is 3.65. The van der Waals surface area contributed by atoms with Gasteiger partial charge in [0.05, 0.1) is 12.1 Å². The maximum Gasteiger partial charge on any atom is 0.355 e. The normalized spacial score (nSPS) is 12.7. The summed E-state index contributed by atoms with van der Waals surface area (Å²) in [5.74, 6) is 1.03. The van der Waals surface area contributed by atoms with Crippen LogP contribution in [0.15, 0.2) is 76.4 Å². The molecule has 5 rings (SSSR count). The highest BCUT2D eigenvalue weighted by molar-refractivity contribution is 6.30. The fraction of sp³-hybridized carbons (Fsp3) is 0.160. The number of nitrogens with one attached hydrogen (secondary N) is 1. The van der Waals surface area contributed by atoms with Crippen molar-refractivity contribution < 1.29 is 4.74 Å². The molecule has 0 bridgehead atoms. The van der Waals surface area contributed by atoms with Crippen LogP contribution in [-0.4, -0.2) is 19.1 Å². The maximum atomic E-state index is 13.2. The van der Waals surface area contributed by atoms with E-state index in [0.29, 0.717) is 27.9 Å². The van der Waals surface area contributed by atoms with E-state index >= 15 is 0 Å². The zero-order valence-corrected chi connectivity index (χ0v) is 19.1. The Hall–Kier alpha value is -4.42. The molecule has 174 valence electrons. The molecule has 0 radical (unpaired) electrons. The molecule has 0 unspecified atom stereocenters. The molecule has 1 fully saturated rings. The summed E-state index contributed by atoms with van der Waals surface area (Å²) >= 11 is 5.99. The van der Waals surface area contributed by atoms with Gasteiger partial charge in [-0.05, 0) is 60.9 Å². The molecule has 2 aromatic carbocycles. The Morgan fingerprint density at radius 1 is 1.06 bits per heavy atom. The lowest BCUT2D eigenvalue weighted by Crippen LogP contribution is -2.42. The summed E-state index contributed by atoms with van der Waals surface area (Å²) in [6, 6.07) is 19.2. The first-order chi connectivity index (χ1) is 17.0. The first-order valence-corrected chi connectivity index (χ1v) is 11.3. The molecule has 0 aliphatic heterocycles. The van der Waals surface area contributed by atoms with Crippen molar-refractivity contribution >= 4 is 23.2 Å².